The van der Waals surface area contributed by atoms with E-state index in [9.17, 15) is 5.11 Å². The number of hydrogen-bond donors (Lipinski definition) is 2. The minimum Gasteiger partial charge on any atom is -0.508 e. The third kappa shape index (κ3) is 1.93. The number of fused-ring (bicyclic) bond motifs is 4. The molecule has 2 atom stereocenters. The maximum atomic E-state index is 9.71. The SMILES string of the molecule is C=CC1=C(/C=C\C)C2Cc3ccccc3C1(c1ccc(O)cc1)N2. The van der Waals surface area contributed by atoms with Crippen LogP contribution >= 0.6 is 0 Å². The third-order valence-corrected chi connectivity index (χ3v) is 5.18. The molecule has 4 rings (SSSR count). The van der Waals surface area contributed by atoms with Gasteiger partial charge in [0.25, 0.3) is 0 Å². The van der Waals surface area contributed by atoms with Crippen molar-refractivity contribution < 1.29 is 5.11 Å². The molecule has 2 nitrogen and oxygen atoms in total. The van der Waals surface area contributed by atoms with E-state index in [4.69, 9.17) is 0 Å². The van der Waals surface area contributed by atoms with E-state index in [1.807, 2.05) is 18.2 Å². The van der Waals surface area contributed by atoms with Crippen molar-refractivity contribution in [3.05, 3.63) is 101 Å². The van der Waals surface area contributed by atoms with Crippen molar-refractivity contribution in [3.63, 3.8) is 0 Å². The summed E-state index contributed by atoms with van der Waals surface area (Å²) in [5.41, 5.74) is 5.89. The number of rotatable bonds is 3. The molecule has 2 unspecified atom stereocenters. The normalized spacial score (nSPS) is 25.1. The lowest BCUT2D eigenvalue weighted by Crippen LogP contribution is -2.49. The smallest absolute Gasteiger partial charge is 0.115 e. The van der Waals surface area contributed by atoms with E-state index < -0.39 is 5.54 Å². The van der Waals surface area contributed by atoms with Gasteiger partial charge < -0.3 is 5.11 Å². The zero-order valence-corrected chi connectivity index (χ0v) is 13.8. The first kappa shape index (κ1) is 15.0. The molecule has 0 spiro atoms. The van der Waals surface area contributed by atoms with Crippen LogP contribution in [0.2, 0.25) is 0 Å². The van der Waals surface area contributed by atoms with Gasteiger partial charge in [-0.1, -0.05) is 61.2 Å². The third-order valence-electron chi connectivity index (χ3n) is 5.18. The summed E-state index contributed by atoms with van der Waals surface area (Å²) in [5, 5.41) is 13.6. The predicted molar refractivity (Wildman–Crippen MR) is 98.0 cm³/mol. The van der Waals surface area contributed by atoms with Crippen molar-refractivity contribution in [3.8, 4) is 5.75 Å². The Kier molecular flexibility index (Phi) is 3.43. The molecule has 2 aliphatic heterocycles. The van der Waals surface area contributed by atoms with Gasteiger partial charge in [-0.2, -0.15) is 0 Å². The first-order valence-electron chi connectivity index (χ1n) is 8.36. The minimum absolute atomic E-state index is 0.276. The van der Waals surface area contributed by atoms with Crippen LogP contribution in [0.1, 0.15) is 23.6 Å². The molecule has 2 heteroatoms. The highest BCUT2D eigenvalue weighted by atomic mass is 16.3. The highest BCUT2D eigenvalue weighted by molar-refractivity contribution is 5.64. The Morgan fingerprint density at radius 3 is 2.62 bits per heavy atom. The van der Waals surface area contributed by atoms with Crippen LogP contribution < -0.4 is 5.32 Å². The fraction of sp³-hybridized carbons (Fsp3) is 0.182. The number of aromatic hydroxyl groups is 1. The molecule has 0 saturated heterocycles. The van der Waals surface area contributed by atoms with Gasteiger partial charge >= 0.3 is 0 Å². The number of nitrogens with one attached hydrogen (secondary N) is 1. The molecule has 2 N–H and O–H groups in total. The van der Waals surface area contributed by atoms with E-state index in [-0.39, 0.29) is 11.8 Å². The number of hydrogen-bond acceptors (Lipinski definition) is 2. The summed E-state index contributed by atoms with van der Waals surface area (Å²) in [6.45, 7) is 6.17. The van der Waals surface area contributed by atoms with E-state index in [2.05, 4.69) is 55.2 Å². The highest BCUT2D eigenvalue weighted by Gasteiger charge is 2.49. The van der Waals surface area contributed by atoms with Crippen LogP contribution in [0.5, 0.6) is 5.75 Å². The topological polar surface area (TPSA) is 32.3 Å². The molecule has 0 fully saturated rings. The molecule has 24 heavy (non-hydrogen) atoms. The summed E-state index contributed by atoms with van der Waals surface area (Å²) in [6.07, 6.45) is 7.25. The second kappa shape index (κ2) is 5.50. The maximum Gasteiger partial charge on any atom is 0.115 e. The molecular weight excluding hydrogens is 294 g/mol. The Bertz CT molecular complexity index is 860. The van der Waals surface area contributed by atoms with Crippen molar-refractivity contribution >= 4 is 0 Å². The Hall–Kier alpha value is -2.58. The molecule has 0 radical (unpaired) electrons. The Labute approximate surface area is 142 Å². The van der Waals surface area contributed by atoms with Gasteiger partial charge in [-0.3, -0.25) is 5.32 Å². The first-order valence-corrected chi connectivity index (χ1v) is 8.36. The molecule has 2 bridgehead atoms. The van der Waals surface area contributed by atoms with Crippen molar-refractivity contribution in [2.24, 2.45) is 0 Å². The summed E-state index contributed by atoms with van der Waals surface area (Å²) in [6, 6.07) is 16.4. The highest BCUT2D eigenvalue weighted by Crippen LogP contribution is 2.49. The number of phenols is 1. The largest absolute Gasteiger partial charge is 0.508 e. The van der Waals surface area contributed by atoms with Gasteiger partial charge in [0.1, 0.15) is 5.75 Å². The summed E-state index contributed by atoms with van der Waals surface area (Å²) in [4.78, 5) is 0. The summed E-state index contributed by atoms with van der Waals surface area (Å²) in [7, 11) is 0. The molecule has 2 heterocycles. The van der Waals surface area contributed by atoms with Crippen LogP contribution in [-0.2, 0) is 12.0 Å². The lowest BCUT2D eigenvalue weighted by Gasteiger charge is -2.39. The van der Waals surface area contributed by atoms with E-state index in [0.717, 1.165) is 12.0 Å². The lowest BCUT2D eigenvalue weighted by molar-refractivity contribution is 0.431. The quantitative estimate of drug-likeness (QED) is 0.889. The fourth-order valence-corrected chi connectivity index (χ4v) is 4.25. The van der Waals surface area contributed by atoms with Crippen LogP contribution in [0.3, 0.4) is 0 Å². The van der Waals surface area contributed by atoms with Gasteiger partial charge in [-0.25, -0.2) is 0 Å². The number of allylic oxidation sites excluding steroid dienone is 1. The fourth-order valence-electron chi connectivity index (χ4n) is 4.25. The molecule has 2 aliphatic rings. The van der Waals surface area contributed by atoms with Crippen LogP contribution in [0.15, 0.2) is 84.5 Å². The van der Waals surface area contributed by atoms with Gasteiger partial charge in [-0.15, -0.1) is 0 Å². The van der Waals surface area contributed by atoms with Gasteiger partial charge in [0.15, 0.2) is 0 Å². The van der Waals surface area contributed by atoms with Crippen LogP contribution in [-0.4, -0.2) is 11.1 Å². The van der Waals surface area contributed by atoms with Crippen molar-refractivity contribution in [2.45, 2.75) is 24.9 Å². The monoisotopic (exact) mass is 315 g/mol. The van der Waals surface area contributed by atoms with Crippen LogP contribution in [0.25, 0.3) is 0 Å². The van der Waals surface area contributed by atoms with E-state index in [0.29, 0.717) is 0 Å². The van der Waals surface area contributed by atoms with E-state index in [1.165, 1.54) is 22.3 Å². The van der Waals surface area contributed by atoms with E-state index in [1.54, 1.807) is 12.1 Å². The molecule has 0 amide bonds. The minimum atomic E-state index is -0.399. The van der Waals surface area contributed by atoms with Gasteiger partial charge in [0.2, 0.25) is 0 Å². The molecule has 2 aromatic rings. The predicted octanol–water partition coefficient (Wildman–Crippen LogP) is 4.22. The molecule has 2 aromatic carbocycles. The molecule has 0 aromatic heterocycles. The standard InChI is InChI=1S/C22H21NO/c1-3-7-18-19(4-2)22(16-10-12-17(24)13-11-16)20-9-6-5-8-15(20)14-21(18)23-22/h3-13,21,23-24H,2,14H2,1H3/b7-3-. The van der Waals surface area contributed by atoms with Crippen LogP contribution in [0.4, 0.5) is 0 Å². The van der Waals surface area contributed by atoms with Crippen molar-refractivity contribution in [1.82, 2.24) is 5.32 Å². The lowest BCUT2D eigenvalue weighted by atomic mass is 9.75. The zero-order valence-electron chi connectivity index (χ0n) is 13.8. The summed E-state index contributed by atoms with van der Waals surface area (Å²) < 4.78 is 0. The van der Waals surface area contributed by atoms with Crippen LogP contribution in [0, 0.1) is 0 Å². The molecule has 0 aliphatic carbocycles. The van der Waals surface area contributed by atoms with Crippen molar-refractivity contribution in [2.75, 3.05) is 0 Å². The zero-order chi connectivity index (χ0) is 16.7. The Morgan fingerprint density at radius 1 is 1.17 bits per heavy atom. The second-order valence-corrected chi connectivity index (χ2v) is 6.43. The van der Waals surface area contributed by atoms with E-state index >= 15 is 0 Å². The Balaban J connectivity index is 2.05. The molecule has 120 valence electrons. The second-order valence-electron chi connectivity index (χ2n) is 6.43. The average molecular weight is 315 g/mol. The van der Waals surface area contributed by atoms with Gasteiger partial charge in [0.05, 0.1) is 5.54 Å². The number of benzene rings is 2. The molecule has 0 saturated carbocycles. The summed E-state index contributed by atoms with van der Waals surface area (Å²) >= 11 is 0. The first-order chi connectivity index (χ1) is 11.7. The van der Waals surface area contributed by atoms with Gasteiger partial charge in [0, 0.05) is 6.04 Å². The number of phenolic OH excluding ortho intramolecular Hbond substituents is 1. The van der Waals surface area contributed by atoms with Crippen molar-refractivity contribution in [1.29, 1.82) is 0 Å². The average Bonchev–Trinajstić information content (AvgIpc) is 2.86. The molecular formula is C22H21NO. The van der Waals surface area contributed by atoms with Gasteiger partial charge in [-0.05, 0) is 53.3 Å². The summed E-state index contributed by atoms with van der Waals surface area (Å²) in [5.74, 6) is 0.284. The maximum absolute atomic E-state index is 9.71. The Morgan fingerprint density at radius 2 is 1.92 bits per heavy atom.